The maximum absolute atomic E-state index is 11.0. The Morgan fingerprint density at radius 3 is 2.75 bits per heavy atom. The van der Waals surface area contributed by atoms with Crippen LogP contribution >= 0.6 is 0 Å². The second-order valence-electron chi connectivity index (χ2n) is 3.96. The van der Waals surface area contributed by atoms with Gasteiger partial charge < -0.3 is 10.0 Å². The van der Waals surface area contributed by atoms with Crippen LogP contribution in [-0.2, 0) is 0 Å². The van der Waals surface area contributed by atoms with E-state index in [1.54, 1.807) is 6.20 Å². The molecule has 0 amide bonds. The fourth-order valence-electron chi connectivity index (χ4n) is 1.78. The number of rotatable bonds is 5. The van der Waals surface area contributed by atoms with Gasteiger partial charge in [0.2, 0.25) is 0 Å². The van der Waals surface area contributed by atoms with E-state index in [0.29, 0.717) is 11.9 Å². The van der Waals surface area contributed by atoms with Crippen molar-refractivity contribution in [3.05, 3.63) is 18.1 Å². The van der Waals surface area contributed by atoms with Crippen molar-refractivity contribution < 1.29 is 9.90 Å². The second kappa shape index (κ2) is 4.47. The average Bonchev–Trinajstić information content (AvgIpc) is 3.10. The summed E-state index contributed by atoms with van der Waals surface area (Å²) in [4.78, 5) is 21.2. The molecule has 1 aromatic heterocycles. The largest absolute Gasteiger partial charge is 0.476 e. The molecule has 1 N–H and O–H groups in total. The van der Waals surface area contributed by atoms with Crippen LogP contribution in [0, 0.1) is 0 Å². The molecule has 0 aliphatic heterocycles. The zero-order chi connectivity index (χ0) is 11.5. The molecule has 1 aromatic rings. The third-order valence-electron chi connectivity index (χ3n) is 2.61. The van der Waals surface area contributed by atoms with E-state index in [9.17, 15) is 4.79 Å². The summed E-state index contributed by atoms with van der Waals surface area (Å²) in [5, 5.41) is 9.06. The zero-order valence-electron chi connectivity index (χ0n) is 9.26. The van der Waals surface area contributed by atoms with Gasteiger partial charge in [0.1, 0.15) is 0 Å². The molecule has 0 unspecified atom stereocenters. The van der Waals surface area contributed by atoms with Crippen LogP contribution in [0.15, 0.2) is 12.4 Å². The van der Waals surface area contributed by atoms with Gasteiger partial charge in [-0.3, -0.25) is 0 Å². The number of aromatic carboxylic acids is 1. The summed E-state index contributed by atoms with van der Waals surface area (Å²) in [6.07, 6.45) is 6.19. The van der Waals surface area contributed by atoms with Crippen LogP contribution in [0.4, 0.5) is 5.82 Å². The summed E-state index contributed by atoms with van der Waals surface area (Å²) in [6.45, 7) is 2.91. The van der Waals surface area contributed by atoms with E-state index in [2.05, 4.69) is 21.8 Å². The number of anilines is 1. The normalized spacial score (nSPS) is 14.8. The summed E-state index contributed by atoms with van der Waals surface area (Å²) in [6, 6.07) is 0.453. The van der Waals surface area contributed by atoms with Gasteiger partial charge in [-0.15, -0.1) is 0 Å². The molecular formula is C11H15N3O2. The minimum Gasteiger partial charge on any atom is -0.476 e. The minimum absolute atomic E-state index is 0.0582. The molecule has 2 rings (SSSR count). The Morgan fingerprint density at radius 2 is 2.19 bits per heavy atom. The molecule has 0 saturated heterocycles. The molecule has 1 heterocycles. The topological polar surface area (TPSA) is 66.3 Å². The first kappa shape index (κ1) is 10.9. The third kappa shape index (κ3) is 2.13. The zero-order valence-corrected chi connectivity index (χ0v) is 9.26. The monoisotopic (exact) mass is 221 g/mol. The number of hydrogen-bond acceptors (Lipinski definition) is 4. The van der Waals surface area contributed by atoms with Crippen molar-refractivity contribution in [2.24, 2.45) is 0 Å². The molecule has 0 atom stereocenters. The quantitative estimate of drug-likeness (QED) is 0.817. The number of aromatic nitrogens is 2. The molecule has 1 saturated carbocycles. The molecule has 0 aromatic carbocycles. The molecule has 0 radical (unpaired) electrons. The van der Waals surface area contributed by atoms with Gasteiger partial charge in [-0.25, -0.2) is 14.8 Å². The summed E-state index contributed by atoms with van der Waals surface area (Å²) >= 11 is 0. The highest BCUT2D eigenvalue weighted by molar-refractivity contribution is 5.91. The molecule has 5 heteroatoms. The number of nitrogens with zero attached hydrogens (tertiary/aromatic N) is 3. The van der Waals surface area contributed by atoms with Crippen molar-refractivity contribution in [2.75, 3.05) is 11.4 Å². The Balaban J connectivity index is 2.32. The van der Waals surface area contributed by atoms with E-state index in [0.717, 1.165) is 25.8 Å². The Bertz CT molecular complexity index is 391. The Kier molecular flexibility index (Phi) is 3.03. The van der Waals surface area contributed by atoms with E-state index < -0.39 is 5.97 Å². The first-order valence-electron chi connectivity index (χ1n) is 5.55. The summed E-state index contributed by atoms with van der Waals surface area (Å²) in [5.41, 5.74) is 0.0582. The standard InChI is InChI=1S/C11H15N3O2/c1-2-7-14(8-3-4-8)10-9(11(15)16)12-5-6-13-10/h5-6,8H,2-4,7H2,1H3,(H,15,16). The summed E-state index contributed by atoms with van der Waals surface area (Å²) in [7, 11) is 0. The third-order valence-corrected chi connectivity index (χ3v) is 2.61. The van der Waals surface area contributed by atoms with Crippen molar-refractivity contribution in [1.82, 2.24) is 9.97 Å². The van der Waals surface area contributed by atoms with Crippen LogP contribution in [0.2, 0.25) is 0 Å². The van der Waals surface area contributed by atoms with Crippen LogP contribution in [0.25, 0.3) is 0 Å². The predicted octanol–water partition coefficient (Wildman–Crippen LogP) is 1.55. The first-order valence-corrected chi connectivity index (χ1v) is 5.55. The van der Waals surface area contributed by atoms with E-state index >= 15 is 0 Å². The van der Waals surface area contributed by atoms with Crippen LogP contribution in [0.5, 0.6) is 0 Å². The molecule has 5 nitrogen and oxygen atoms in total. The van der Waals surface area contributed by atoms with Crippen molar-refractivity contribution in [2.45, 2.75) is 32.2 Å². The van der Waals surface area contributed by atoms with E-state index in [1.807, 2.05) is 0 Å². The van der Waals surface area contributed by atoms with Crippen molar-refractivity contribution in [3.63, 3.8) is 0 Å². The summed E-state index contributed by atoms with van der Waals surface area (Å²) < 4.78 is 0. The molecule has 1 fully saturated rings. The number of hydrogen-bond donors (Lipinski definition) is 1. The summed E-state index contributed by atoms with van der Waals surface area (Å²) in [5.74, 6) is -0.496. The molecule has 16 heavy (non-hydrogen) atoms. The SMILES string of the molecule is CCCN(c1nccnc1C(=O)O)C1CC1. The number of carboxylic acids is 1. The highest BCUT2D eigenvalue weighted by atomic mass is 16.4. The van der Waals surface area contributed by atoms with Crippen molar-refractivity contribution >= 4 is 11.8 Å². The number of carboxylic acid groups (broad SMARTS) is 1. The van der Waals surface area contributed by atoms with E-state index in [4.69, 9.17) is 5.11 Å². The van der Waals surface area contributed by atoms with Gasteiger partial charge in [-0.2, -0.15) is 0 Å². The maximum Gasteiger partial charge on any atom is 0.358 e. The van der Waals surface area contributed by atoms with Gasteiger partial charge >= 0.3 is 5.97 Å². The predicted molar refractivity (Wildman–Crippen MR) is 59.7 cm³/mol. The Labute approximate surface area is 94.1 Å². The lowest BCUT2D eigenvalue weighted by Crippen LogP contribution is -2.29. The van der Waals surface area contributed by atoms with Gasteiger partial charge in [0.25, 0.3) is 0 Å². The lowest BCUT2D eigenvalue weighted by Gasteiger charge is -2.23. The van der Waals surface area contributed by atoms with Gasteiger partial charge in [0.15, 0.2) is 11.5 Å². The van der Waals surface area contributed by atoms with E-state index in [-0.39, 0.29) is 5.69 Å². The highest BCUT2D eigenvalue weighted by Crippen LogP contribution is 2.31. The van der Waals surface area contributed by atoms with Gasteiger partial charge in [-0.05, 0) is 19.3 Å². The lowest BCUT2D eigenvalue weighted by atomic mass is 10.3. The van der Waals surface area contributed by atoms with Crippen LogP contribution in [-0.4, -0.2) is 33.6 Å². The minimum atomic E-state index is -1.01. The average molecular weight is 221 g/mol. The molecular weight excluding hydrogens is 206 g/mol. The molecule has 0 spiro atoms. The van der Waals surface area contributed by atoms with Gasteiger partial charge in [0.05, 0.1) is 0 Å². The maximum atomic E-state index is 11.0. The molecule has 1 aliphatic carbocycles. The Morgan fingerprint density at radius 1 is 1.50 bits per heavy atom. The van der Waals surface area contributed by atoms with Crippen LogP contribution in [0.1, 0.15) is 36.7 Å². The molecule has 1 aliphatic rings. The van der Waals surface area contributed by atoms with Gasteiger partial charge in [0, 0.05) is 25.0 Å². The van der Waals surface area contributed by atoms with E-state index in [1.165, 1.54) is 6.20 Å². The smallest absolute Gasteiger partial charge is 0.358 e. The first-order chi connectivity index (χ1) is 7.74. The van der Waals surface area contributed by atoms with Crippen molar-refractivity contribution in [3.8, 4) is 0 Å². The van der Waals surface area contributed by atoms with Crippen LogP contribution < -0.4 is 4.90 Å². The lowest BCUT2D eigenvalue weighted by molar-refractivity contribution is 0.0690. The highest BCUT2D eigenvalue weighted by Gasteiger charge is 2.32. The second-order valence-corrected chi connectivity index (χ2v) is 3.96. The Hall–Kier alpha value is -1.65. The van der Waals surface area contributed by atoms with Crippen molar-refractivity contribution in [1.29, 1.82) is 0 Å². The van der Waals surface area contributed by atoms with Crippen LogP contribution in [0.3, 0.4) is 0 Å². The molecule has 0 bridgehead atoms. The fourth-order valence-corrected chi connectivity index (χ4v) is 1.78. The fraction of sp³-hybridized carbons (Fsp3) is 0.545. The van der Waals surface area contributed by atoms with Gasteiger partial charge in [-0.1, -0.05) is 6.92 Å². The number of carbonyl (C=O) groups is 1. The molecule has 86 valence electrons.